The summed E-state index contributed by atoms with van der Waals surface area (Å²) in [5, 5.41) is 7.84. The van der Waals surface area contributed by atoms with Crippen LogP contribution < -0.4 is 20.1 Å². The Hall–Kier alpha value is -2.51. The average molecular weight is 403 g/mol. The lowest BCUT2D eigenvalue weighted by Crippen LogP contribution is -2.36. The van der Waals surface area contributed by atoms with Crippen LogP contribution in [0, 0.1) is 0 Å². The molecule has 0 saturated heterocycles. The van der Waals surface area contributed by atoms with Crippen molar-refractivity contribution < 1.29 is 14.3 Å². The molecule has 3 rings (SSSR count). The van der Waals surface area contributed by atoms with Crippen molar-refractivity contribution in [1.29, 1.82) is 0 Å². The van der Waals surface area contributed by atoms with Crippen LogP contribution in [0.2, 0.25) is 0 Å². The second-order valence-electron chi connectivity index (χ2n) is 5.79. The first kappa shape index (κ1) is 19.3. The second-order valence-corrected chi connectivity index (χ2v) is 7.91. The van der Waals surface area contributed by atoms with Crippen LogP contribution in [0.4, 0.5) is 4.79 Å². The molecule has 142 valence electrons. The molecule has 27 heavy (non-hydrogen) atoms. The first-order valence-electron chi connectivity index (χ1n) is 8.55. The van der Waals surface area contributed by atoms with Gasteiger partial charge in [-0.3, -0.25) is 0 Å². The van der Waals surface area contributed by atoms with E-state index < -0.39 is 0 Å². The van der Waals surface area contributed by atoms with Crippen molar-refractivity contribution in [2.75, 3.05) is 20.8 Å². The molecule has 0 atom stereocenters. The molecule has 0 saturated carbocycles. The van der Waals surface area contributed by atoms with Crippen molar-refractivity contribution in [3.05, 3.63) is 58.3 Å². The van der Waals surface area contributed by atoms with Crippen molar-refractivity contribution in [2.45, 2.75) is 13.0 Å². The summed E-state index contributed by atoms with van der Waals surface area (Å²) in [4.78, 5) is 15.8. The van der Waals surface area contributed by atoms with E-state index >= 15 is 0 Å². The van der Waals surface area contributed by atoms with Crippen molar-refractivity contribution in [3.63, 3.8) is 0 Å². The van der Waals surface area contributed by atoms with Gasteiger partial charge in [0.1, 0.15) is 0 Å². The summed E-state index contributed by atoms with van der Waals surface area (Å²) in [6, 6.07) is 13.9. The molecule has 0 fully saturated rings. The number of hydrogen-bond donors (Lipinski definition) is 2. The molecule has 0 bridgehead atoms. The maximum absolute atomic E-state index is 12.0. The number of urea groups is 1. The predicted octanol–water partition coefficient (Wildman–Crippen LogP) is 4.54. The summed E-state index contributed by atoms with van der Waals surface area (Å²) < 4.78 is 10.5. The molecule has 0 radical (unpaired) electrons. The Labute approximate surface area is 167 Å². The Kier molecular flexibility index (Phi) is 6.73. The minimum atomic E-state index is -0.181. The fourth-order valence-corrected chi connectivity index (χ4v) is 4.44. The zero-order valence-corrected chi connectivity index (χ0v) is 16.9. The number of nitrogens with one attached hydrogen (secondary N) is 2. The van der Waals surface area contributed by atoms with Gasteiger partial charge in [-0.15, -0.1) is 22.7 Å². The fourth-order valence-electron chi connectivity index (χ4n) is 2.60. The van der Waals surface area contributed by atoms with Crippen LogP contribution in [0.15, 0.2) is 47.8 Å². The number of methoxy groups -OCH3 is 2. The van der Waals surface area contributed by atoms with Crippen LogP contribution in [-0.2, 0) is 13.0 Å². The van der Waals surface area contributed by atoms with E-state index in [-0.39, 0.29) is 6.03 Å². The van der Waals surface area contributed by atoms with Gasteiger partial charge in [0.2, 0.25) is 0 Å². The van der Waals surface area contributed by atoms with Crippen LogP contribution in [0.25, 0.3) is 9.75 Å². The van der Waals surface area contributed by atoms with Gasteiger partial charge in [0.15, 0.2) is 11.5 Å². The van der Waals surface area contributed by atoms with Crippen LogP contribution in [0.3, 0.4) is 0 Å². The van der Waals surface area contributed by atoms with Crippen molar-refractivity contribution in [3.8, 4) is 21.3 Å². The van der Waals surface area contributed by atoms with E-state index in [9.17, 15) is 4.79 Å². The van der Waals surface area contributed by atoms with E-state index in [4.69, 9.17) is 9.47 Å². The number of benzene rings is 1. The topological polar surface area (TPSA) is 59.6 Å². The molecule has 2 amide bonds. The lowest BCUT2D eigenvalue weighted by atomic mass is 10.2. The summed E-state index contributed by atoms with van der Waals surface area (Å²) >= 11 is 3.51. The number of carbonyl (C=O) groups is 1. The Balaban J connectivity index is 1.42. The standard InChI is InChI=1S/C20H22N2O3S2/c1-24-16-7-5-14(12-17(16)25-2)13-22-20(23)21-10-9-15-6-8-19(27-15)18-4-3-11-26-18/h3-8,11-12H,9-10,13H2,1-2H3,(H2,21,22,23). The van der Waals surface area contributed by atoms with Crippen LogP contribution in [0.5, 0.6) is 11.5 Å². The first-order valence-corrected chi connectivity index (χ1v) is 10.2. The van der Waals surface area contributed by atoms with Crippen LogP contribution in [-0.4, -0.2) is 26.8 Å². The normalized spacial score (nSPS) is 10.4. The number of amides is 2. The van der Waals surface area contributed by atoms with E-state index in [0.29, 0.717) is 24.6 Å². The highest BCUT2D eigenvalue weighted by Gasteiger charge is 2.07. The highest BCUT2D eigenvalue weighted by atomic mass is 32.1. The van der Waals surface area contributed by atoms with Gasteiger partial charge in [0.05, 0.1) is 14.2 Å². The molecule has 0 aliphatic rings. The molecule has 2 aromatic heterocycles. The van der Waals surface area contributed by atoms with E-state index in [2.05, 4.69) is 40.3 Å². The lowest BCUT2D eigenvalue weighted by Gasteiger charge is -2.11. The maximum atomic E-state index is 12.0. The molecule has 3 aromatic rings. The Morgan fingerprint density at radius 3 is 2.59 bits per heavy atom. The van der Waals surface area contributed by atoms with Gasteiger partial charge in [-0.25, -0.2) is 4.79 Å². The molecule has 1 aromatic carbocycles. The average Bonchev–Trinajstić information content (AvgIpc) is 3.37. The van der Waals surface area contributed by atoms with Gasteiger partial charge in [-0.2, -0.15) is 0 Å². The third-order valence-electron chi connectivity index (χ3n) is 3.98. The van der Waals surface area contributed by atoms with Gasteiger partial charge in [0.25, 0.3) is 0 Å². The summed E-state index contributed by atoms with van der Waals surface area (Å²) in [5.41, 5.74) is 0.946. The number of rotatable bonds is 8. The van der Waals surface area contributed by atoms with Gasteiger partial charge >= 0.3 is 6.03 Å². The van der Waals surface area contributed by atoms with E-state index in [1.54, 1.807) is 36.9 Å². The molecule has 2 N–H and O–H groups in total. The van der Waals surface area contributed by atoms with Crippen LogP contribution in [0.1, 0.15) is 10.4 Å². The van der Waals surface area contributed by atoms with Crippen molar-refractivity contribution in [1.82, 2.24) is 10.6 Å². The van der Waals surface area contributed by atoms with Gasteiger partial charge in [-0.05, 0) is 47.7 Å². The molecule has 0 unspecified atom stereocenters. The summed E-state index contributed by atoms with van der Waals surface area (Å²) in [6.45, 7) is 1.02. The Morgan fingerprint density at radius 2 is 1.85 bits per heavy atom. The number of ether oxygens (including phenoxy) is 2. The quantitative estimate of drug-likeness (QED) is 0.582. The van der Waals surface area contributed by atoms with Crippen molar-refractivity contribution >= 4 is 28.7 Å². The number of hydrogen-bond acceptors (Lipinski definition) is 5. The third-order valence-corrected chi connectivity index (χ3v) is 6.19. The van der Waals surface area contributed by atoms with Gasteiger partial charge < -0.3 is 20.1 Å². The zero-order valence-electron chi connectivity index (χ0n) is 15.3. The number of thiophene rings is 2. The van der Waals surface area contributed by atoms with E-state index in [1.165, 1.54) is 14.6 Å². The molecule has 0 spiro atoms. The second kappa shape index (κ2) is 9.43. The molecule has 7 heteroatoms. The van der Waals surface area contributed by atoms with Crippen LogP contribution >= 0.6 is 22.7 Å². The van der Waals surface area contributed by atoms with Gasteiger partial charge in [-0.1, -0.05) is 12.1 Å². The van der Waals surface area contributed by atoms with Crippen molar-refractivity contribution in [2.24, 2.45) is 0 Å². The Bertz CT molecular complexity index is 875. The smallest absolute Gasteiger partial charge is 0.315 e. The highest BCUT2D eigenvalue weighted by molar-refractivity contribution is 7.21. The Morgan fingerprint density at radius 1 is 1.00 bits per heavy atom. The minimum absolute atomic E-state index is 0.181. The maximum Gasteiger partial charge on any atom is 0.315 e. The summed E-state index contributed by atoms with van der Waals surface area (Å²) in [5.74, 6) is 1.32. The fraction of sp³-hybridized carbons (Fsp3) is 0.250. The molecule has 0 aliphatic heterocycles. The lowest BCUT2D eigenvalue weighted by molar-refractivity contribution is 0.240. The summed E-state index contributed by atoms with van der Waals surface area (Å²) in [7, 11) is 3.19. The molecular formula is C20H22N2O3S2. The van der Waals surface area contributed by atoms with Gasteiger partial charge in [0, 0.05) is 27.7 Å². The molecule has 5 nitrogen and oxygen atoms in total. The number of carbonyl (C=O) groups excluding carboxylic acids is 1. The molecular weight excluding hydrogens is 380 g/mol. The third kappa shape index (κ3) is 5.24. The first-order chi connectivity index (χ1) is 13.2. The largest absolute Gasteiger partial charge is 0.493 e. The predicted molar refractivity (Wildman–Crippen MR) is 111 cm³/mol. The SMILES string of the molecule is COc1ccc(CNC(=O)NCCc2ccc(-c3cccs3)s2)cc1OC. The molecule has 2 heterocycles. The monoisotopic (exact) mass is 402 g/mol. The highest BCUT2D eigenvalue weighted by Crippen LogP contribution is 2.31. The molecule has 0 aliphatic carbocycles. The minimum Gasteiger partial charge on any atom is -0.493 e. The van der Waals surface area contributed by atoms with E-state index in [1.807, 2.05) is 18.2 Å². The van der Waals surface area contributed by atoms with E-state index in [0.717, 1.165) is 12.0 Å². The zero-order chi connectivity index (χ0) is 19.1. The summed E-state index contributed by atoms with van der Waals surface area (Å²) in [6.07, 6.45) is 0.819.